The minimum absolute atomic E-state index is 0.943. The molecule has 0 aliphatic heterocycles. The van der Waals surface area contributed by atoms with Gasteiger partial charge in [-0.3, -0.25) is 15.0 Å². The van der Waals surface area contributed by atoms with Crippen LogP contribution in [0.15, 0.2) is 286 Å². The summed E-state index contributed by atoms with van der Waals surface area (Å²) in [5.74, 6) is 0. The van der Waals surface area contributed by atoms with Crippen molar-refractivity contribution in [2.24, 2.45) is 0 Å². The quantitative estimate of drug-likeness (QED) is 0.128. The lowest BCUT2D eigenvalue weighted by Crippen LogP contribution is -1.95. The van der Waals surface area contributed by atoms with Crippen LogP contribution >= 0.6 is 0 Å². The van der Waals surface area contributed by atoms with E-state index < -0.39 is 0 Å². The van der Waals surface area contributed by atoms with Crippen LogP contribution in [0.4, 0.5) is 0 Å². The minimum Gasteiger partial charge on any atom is -0.256 e. The number of hydrogen-bond donors (Lipinski definition) is 0. The Hall–Kier alpha value is -9.83. The zero-order chi connectivity index (χ0) is 49.2. The van der Waals surface area contributed by atoms with E-state index in [1.807, 2.05) is 24.5 Å². The van der Waals surface area contributed by atoms with E-state index in [1.54, 1.807) is 0 Å². The summed E-state index contributed by atoms with van der Waals surface area (Å²) in [5.41, 5.74) is 22.8. The third-order valence-electron chi connectivity index (χ3n) is 14.3. The molecule has 0 aliphatic rings. The van der Waals surface area contributed by atoms with Crippen LogP contribution in [0.25, 0.3) is 133 Å². The second-order valence-corrected chi connectivity index (χ2v) is 18.7. The van der Waals surface area contributed by atoms with Gasteiger partial charge < -0.3 is 0 Å². The van der Waals surface area contributed by atoms with E-state index in [9.17, 15) is 0 Å². The third kappa shape index (κ3) is 8.42. The van der Waals surface area contributed by atoms with Gasteiger partial charge in [0.2, 0.25) is 0 Å². The van der Waals surface area contributed by atoms with Crippen molar-refractivity contribution in [1.82, 2.24) is 15.0 Å². The molecule has 0 bridgehead atoms. The van der Waals surface area contributed by atoms with Gasteiger partial charge in [-0.05, 0) is 102 Å². The Labute approximate surface area is 431 Å². The summed E-state index contributed by atoms with van der Waals surface area (Å²) in [6.07, 6.45) is 6.11. The third-order valence-corrected chi connectivity index (χ3v) is 14.3. The molecule has 0 radical (unpaired) electrons. The van der Waals surface area contributed by atoms with Gasteiger partial charge in [-0.15, -0.1) is 0 Å². The Morgan fingerprint density at radius 2 is 0.595 bits per heavy atom. The monoisotopic (exact) mass is 941 g/mol. The van der Waals surface area contributed by atoms with Crippen molar-refractivity contribution in [2.45, 2.75) is 0 Å². The van der Waals surface area contributed by atoms with Gasteiger partial charge in [0.1, 0.15) is 0 Å². The fraction of sp³-hybridized carbons (Fsp3) is 0. The summed E-state index contributed by atoms with van der Waals surface area (Å²) in [6.45, 7) is 0. The van der Waals surface area contributed by atoms with Crippen LogP contribution in [0.1, 0.15) is 0 Å². The van der Waals surface area contributed by atoms with Gasteiger partial charge in [-0.25, -0.2) is 0 Å². The molecule has 0 atom stereocenters. The Kier molecular flexibility index (Phi) is 11.6. The van der Waals surface area contributed by atoms with Gasteiger partial charge >= 0.3 is 0 Å². The van der Waals surface area contributed by atoms with Gasteiger partial charge in [-0.2, -0.15) is 0 Å². The fourth-order valence-corrected chi connectivity index (χ4v) is 10.6. The van der Waals surface area contributed by atoms with Crippen molar-refractivity contribution >= 4 is 21.7 Å². The summed E-state index contributed by atoms with van der Waals surface area (Å²) in [7, 11) is 0. The predicted octanol–water partition coefficient (Wildman–Crippen LogP) is 18.8. The molecule has 13 rings (SSSR count). The summed E-state index contributed by atoms with van der Waals surface area (Å²) in [6, 6.07) is 95.3. The molecule has 0 saturated carbocycles. The predicted molar refractivity (Wildman–Crippen MR) is 309 cm³/mol. The zero-order valence-corrected chi connectivity index (χ0v) is 40.5. The molecule has 0 aliphatic carbocycles. The number of hydrogen-bond acceptors (Lipinski definition) is 3. The van der Waals surface area contributed by atoms with E-state index in [-0.39, 0.29) is 0 Å². The average Bonchev–Trinajstić information content (AvgIpc) is 3.50. The molecule has 0 amide bonds. The van der Waals surface area contributed by atoms with Gasteiger partial charge in [0.25, 0.3) is 0 Å². The largest absolute Gasteiger partial charge is 0.256 e. The van der Waals surface area contributed by atoms with E-state index in [2.05, 4.69) is 261 Å². The molecule has 74 heavy (non-hydrogen) atoms. The molecule has 13 aromatic rings. The molecule has 0 fully saturated rings. The molecule has 3 nitrogen and oxygen atoms in total. The molecule has 3 aromatic heterocycles. The molecule has 346 valence electrons. The minimum atomic E-state index is 0.943. The first-order chi connectivity index (χ1) is 36.7. The van der Waals surface area contributed by atoms with Crippen LogP contribution in [0, 0.1) is 0 Å². The lowest BCUT2D eigenvalue weighted by Gasteiger charge is -2.20. The van der Waals surface area contributed by atoms with Crippen LogP contribution in [-0.2, 0) is 0 Å². The number of rotatable bonds is 10. The van der Waals surface area contributed by atoms with Crippen LogP contribution < -0.4 is 0 Å². The van der Waals surface area contributed by atoms with Crippen molar-refractivity contribution < 1.29 is 0 Å². The highest BCUT2D eigenvalue weighted by Gasteiger charge is 2.21. The van der Waals surface area contributed by atoms with E-state index in [0.717, 1.165) is 117 Å². The molecule has 10 aromatic carbocycles. The topological polar surface area (TPSA) is 38.7 Å². The van der Waals surface area contributed by atoms with Crippen LogP contribution in [0.2, 0.25) is 0 Å². The summed E-state index contributed by atoms with van der Waals surface area (Å²) in [5, 5.41) is 3.41. The van der Waals surface area contributed by atoms with Crippen LogP contribution in [0.3, 0.4) is 0 Å². The Morgan fingerprint density at radius 3 is 1.09 bits per heavy atom. The molecule has 3 heteroatoms. The van der Waals surface area contributed by atoms with Crippen molar-refractivity contribution in [3.8, 4) is 112 Å². The second-order valence-electron chi connectivity index (χ2n) is 18.7. The van der Waals surface area contributed by atoms with Crippen LogP contribution in [0.5, 0.6) is 0 Å². The highest BCUT2D eigenvalue weighted by atomic mass is 14.7. The normalized spacial score (nSPS) is 11.2. The first kappa shape index (κ1) is 44.1. The zero-order valence-electron chi connectivity index (χ0n) is 40.5. The fourth-order valence-electron chi connectivity index (χ4n) is 10.6. The average molecular weight is 942 g/mol. The Bertz CT molecular complexity index is 3990. The van der Waals surface area contributed by atoms with Gasteiger partial charge in [0.15, 0.2) is 0 Å². The summed E-state index contributed by atoms with van der Waals surface area (Å²) >= 11 is 0. The van der Waals surface area contributed by atoms with E-state index in [4.69, 9.17) is 15.0 Å². The molecule has 3 heterocycles. The number of pyridine rings is 3. The second kappa shape index (κ2) is 19.4. The standard InChI is InChI=1S/C71H47N3/c1-4-18-48(19-5-1)49-32-34-53(35-33-49)70-66-39-36-50-20-10-11-30-64(50)71(66)74-47-67(70)65-31-17-16-29-63(65)58-43-56(61-27-14-12-25-59(61)54-37-40-68(72-45-54)51-21-6-2-7-22-51)42-57(44-58)62-28-15-13-26-60(62)55-38-41-69(73-46-55)52-23-8-3-9-24-52/h1-47H. The maximum atomic E-state index is 5.33. The molecular formula is C71H47N3. The number of nitrogens with zero attached hydrogens (tertiary/aromatic N) is 3. The first-order valence-corrected chi connectivity index (χ1v) is 25.1. The lowest BCUT2D eigenvalue weighted by molar-refractivity contribution is 1.32. The van der Waals surface area contributed by atoms with Gasteiger partial charge in [-0.1, -0.05) is 237 Å². The molecule has 0 N–H and O–H groups in total. The molecule has 0 saturated heterocycles. The summed E-state index contributed by atoms with van der Waals surface area (Å²) in [4.78, 5) is 15.3. The van der Waals surface area contributed by atoms with Gasteiger partial charge in [0, 0.05) is 62.7 Å². The van der Waals surface area contributed by atoms with Crippen molar-refractivity contribution in [1.29, 1.82) is 0 Å². The smallest absolute Gasteiger partial charge is 0.0786 e. The molecule has 0 unspecified atom stereocenters. The number of fused-ring (bicyclic) bond motifs is 3. The molecule has 0 spiro atoms. The Morgan fingerprint density at radius 1 is 0.203 bits per heavy atom. The lowest BCUT2D eigenvalue weighted by atomic mass is 9.85. The van der Waals surface area contributed by atoms with Crippen molar-refractivity contribution in [2.75, 3.05) is 0 Å². The van der Waals surface area contributed by atoms with E-state index >= 15 is 0 Å². The summed E-state index contributed by atoms with van der Waals surface area (Å²) < 4.78 is 0. The van der Waals surface area contributed by atoms with Crippen LogP contribution in [-0.4, -0.2) is 15.0 Å². The Balaban J connectivity index is 1.01. The highest BCUT2D eigenvalue weighted by molar-refractivity contribution is 6.13. The maximum absolute atomic E-state index is 5.33. The van der Waals surface area contributed by atoms with E-state index in [0.29, 0.717) is 0 Å². The number of benzene rings is 10. The SMILES string of the molecule is c1ccc(-c2ccc(-c3c(-c4ccccc4-c4cc(-c5ccccc5-c5ccc(-c6ccccc6)nc5)cc(-c5ccccc5-c5ccc(-c6ccccc6)nc5)c4)cnc4c3ccc3ccccc34)cc2)cc1. The van der Waals surface area contributed by atoms with E-state index in [1.165, 1.54) is 16.5 Å². The molecular weight excluding hydrogens is 895 g/mol. The number of aromatic nitrogens is 3. The van der Waals surface area contributed by atoms with Crippen molar-refractivity contribution in [3.05, 3.63) is 286 Å². The van der Waals surface area contributed by atoms with Crippen molar-refractivity contribution in [3.63, 3.8) is 0 Å². The van der Waals surface area contributed by atoms with Gasteiger partial charge in [0.05, 0.1) is 16.9 Å². The maximum Gasteiger partial charge on any atom is 0.0786 e. The highest BCUT2D eigenvalue weighted by Crippen LogP contribution is 2.46. The first-order valence-electron chi connectivity index (χ1n) is 25.1.